The van der Waals surface area contributed by atoms with Gasteiger partial charge in [-0.25, -0.2) is 0 Å². The molecule has 0 saturated carbocycles. The number of hydrogen-bond donors (Lipinski definition) is 0. The van der Waals surface area contributed by atoms with Crippen molar-refractivity contribution in [2.75, 3.05) is 13.7 Å². The molecular formula is C19H18N2O4. The van der Waals surface area contributed by atoms with Crippen molar-refractivity contribution in [2.24, 2.45) is 0 Å². The molecule has 2 heterocycles. The van der Waals surface area contributed by atoms with E-state index in [1.165, 1.54) is 0 Å². The topological polar surface area (TPSA) is 79.6 Å². The predicted octanol–water partition coefficient (Wildman–Crippen LogP) is 3.90. The number of aryl methyl sites for hydroxylation is 1. The number of amides is 1. The number of hydrogen-bond acceptors (Lipinski definition) is 5. The van der Waals surface area contributed by atoms with Crippen LogP contribution in [0, 0.1) is 18.3 Å². The molecule has 128 valence electrons. The van der Waals surface area contributed by atoms with Gasteiger partial charge in [0.2, 0.25) is 0 Å². The van der Waals surface area contributed by atoms with Crippen LogP contribution in [-0.2, 0) is 6.54 Å². The van der Waals surface area contributed by atoms with Crippen LogP contribution in [-0.4, -0.2) is 24.5 Å². The number of carbonyl (C=O) groups excluding carboxylic acids is 1. The summed E-state index contributed by atoms with van der Waals surface area (Å²) in [7, 11) is 1.59. The van der Waals surface area contributed by atoms with Crippen molar-refractivity contribution >= 4 is 16.9 Å². The molecule has 3 rings (SSSR count). The molecule has 0 aliphatic rings. The first-order valence-corrected chi connectivity index (χ1v) is 7.89. The molecular weight excluding hydrogens is 320 g/mol. The minimum atomic E-state index is -0.265. The van der Waals surface area contributed by atoms with E-state index >= 15 is 0 Å². The van der Waals surface area contributed by atoms with Crippen LogP contribution < -0.4 is 4.74 Å². The van der Waals surface area contributed by atoms with Gasteiger partial charge >= 0.3 is 0 Å². The van der Waals surface area contributed by atoms with E-state index in [-0.39, 0.29) is 24.6 Å². The van der Waals surface area contributed by atoms with Crippen LogP contribution in [0.25, 0.3) is 11.0 Å². The van der Waals surface area contributed by atoms with Crippen LogP contribution in [0.15, 0.2) is 45.4 Å². The summed E-state index contributed by atoms with van der Waals surface area (Å²) in [5, 5.41) is 9.71. The second-order valence-corrected chi connectivity index (χ2v) is 5.63. The molecule has 0 aliphatic heterocycles. The molecule has 0 aliphatic carbocycles. The van der Waals surface area contributed by atoms with Crippen molar-refractivity contribution in [2.45, 2.75) is 19.9 Å². The van der Waals surface area contributed by atoms with E-state index in [9.17, 15) is 4.79 Å². The molecule has 0 fully saturated rings. The van der Waals surface area contributed by atoms with Gasteiger partial charge in [-0.05, 0) is 37.3 Å². The molecule has 0 radical (unpaired) electrons. The Balaban J connectivity index is 1.94. The number of nitrogens with zero attached hydrogens (tertiary/aromatic N) is 2. The van der Waals surface area contributed by atoms with Crippen molar-refractivity contribution in [3.8, 4) is 11.8 Å². The Hall–Kier alpha value is -3.20. The summed E-state index contributed by atoms with van der Waals surface area (Å²) in [5.41, 5.74) is 1.38. The number of furan rings is 2. The molecule has 6 heteroatoms. The van der Waals surface area contributed by atoms with E-state index in [0.717, 1.165) is 10.9 Å². The maximum Gasteiger partial charge on any atom is 0.290 e. The lowest BCUT2D eigenvalue weighted by atomic mass is 10.1. The third-order valence-corrected chi connectivity index (χ3v) is 4.05. The van der Waals surface area contributed by atoms with E-state index in [0.29, 0.717) is 23.6 Å². The van der Waals surface area contributed by atoms with Gasteiger partial charge in [0.25, 0.3) is 5.91 Å². The molecule has 1 aromatic carbocycles. The Morgan fingerprint density at radius 3 is 2.88 bits per heavy atom. The van der Waals surface area contributed by atoms with Gasteiger partial charge < -0.3 is 18.5 Å². The Kier molecular flexibility index (Phi) is 4.75. The molecule has 2 aromatic heterocycles. The number of ether oxygens (including phenoxy) is 1. The Bertz CT molecular complexity index is 919. The molecule has 0 saturated heterocycles. The number of benzene rings is 1. The average Bonchev–Trinajstić information content (AvgIpc) is 3.25. The van der Waals surface area contributed by atoms with Crippen molar-refractivity contribution in [3.05, 3.63) is 53.7 Å². The van der Waals surface area contributed by atoms with Gasteiger partial charge in [-0.2, -0.15) is 5.26 Å². The van der Waals surface area contributed by atoms with Gasteiger partial charge in [-0.1, -0.05) is 0 Å². The van der Waals surface area contributed by atoms with Crippen LogP contribution in [0.5, 0.6) is 5.75 Å². The highest BCUT2D eigenvalue weighted by molar-refractivity contribution is 5.99. The first-order chi connectivity index (χ1) is 12.1. The fraction of sp³-hybridized carbons (Fsp3) is 0.263. The van der Waals surface area contributed by atoms with Gasteiger partial charge in [0.1, 0.15) is 17.1 Å². The summed E-state index contributed by atoms with van der Waals surface area (Å²) < 4.78 is 16.3. The number of carbonyl (C=O) groups is 1. The van der Waals surface area contributed by atoms with Gasteiger partial charge in [0.05, 0.1) is 32.4 Å². The highest BCUT2D eigenvalue weighted by Crippen LogP contribution is 2.29. The smallest absolute Gasteiger partial charge is 0.290 e. The first kappa shape index (κ1) is 16.7. The minimum absolute atomic E-state index is 0.236. The predicted molar refractivity (Wildman–Crippen MR) is 91.2 cm³/mol. The van der Waals surface area contributed by atoms with E-state index in [4.69, 9.17) is 18.8 Å². The summed E-state index contributed by atoms with van der Waals surface area (Å²) >= 11 is 0. The summed E-state index contributed by atoms with van der Waals surface area (Å²) in [6.45, 7) is 2.43. The lowest BCUT2D eigenvalue weighted by Gasteiger charge is -2.19. The quantitative estimate of drug-likeness (QED) is 0.681. The van der Waals surface area contributed by atoms with E-state index in [2.05, 4.69) is 6.07 Å². The lowest BCUT2D eigenvalue weighted by Crippen LogP contribution is -2.31. The SMILES string of the molecule is COc1ccc2oc(C(=O)N(CCC#N)Cc3ccco3)c(C)c2c1. The maximum atomic E-state index is 13.0. The fourth-order valence-electron chi connectivity index (χ4n) is 2.70. The van der Waals surface area contributed by atoms with Gasteiger partial charge in [0, 0.05) is 17.5 Å². The number of nitriles is 1. The lowest BCUT2D eigenvalue weighted by molar-refractivity contribution is 0.0704. The third kappa shape index (κ3) is 3.36. The summed E-state index contributed by atoms with van der Waals surface area (Å²) in [4.78, 5) is 14.5. The number of rotatable bonds is 6. The van der Waals surface area contributed by atoms with Crippen LogP contribution in [0.2, 0.25) is 0 Å². The molecule has 3 aromatic rings. The third-order valence-electron chi connectivity index (χ3n) is 4.05. The zero-order chi connectivity index (χ0) is 17.8. The summed E-state index contributed by atoms with van der Waals surface area (Å²) in [5.74, 6) is 1.36. The van der Waals surface area contributed by atoms with Gasteiger partial charge in [-0.3, -0.25) is 4.79 Å². The van der Waals surface area contributed by atoms with Gasteiger partial charge in [-0.15, -0.1) is 0 Å². The van der Waals surface area contributed by atoms with Crippen molar-refractivity contribution in [3.63, 3.8) is 0 Å². The normalized spacial score (nSPS) is 10.6. The maximum absolute atomic E-state index is 13.0. The average molecular weight is 338 g/mol. The zero-order valence-corrected chi connectivity index (χ0v) is 14.1. The monoisotopic (exact) mass is 338 g/mol. The van der Waals surface area contributed by atoms with Crippen molar-refractivity contribution in [1.82, 2.24) is 4.90 Å². The molecule has 0 spiro atoms. The minimum Gasteiger partial charge on any atom is -0.497 e. The standard InChI is InChI=1S/C19H18N2O4/c1-13-16-11-14(23-2)6-7-17(16)25-18(13)19(22)21(9-4-8-20)12-15-5-3-10-24-15/h3,5-7,10-11H,4,9,12H2,1-2H3. The molecule has 6 nitrogen and oxygen atoms in total. The van der Waals surface area contributed by atoms with Crippen LogP contribution >= 0.6 is 0 Å². The van der Waals surface area contributed by atoms with Crippen LogP contribution in [0.4, 0.5) is 0 Å². The Morgan fingerprint density at radius 1 is 1.36 bits per heavy atom. The first-order valence-electron chi connectivity index (χ1n) is 7.89. The molecule has 0 unspecified atom stereocenters. The van der Waals surface area contributed by atoms with E-state index < -0.39 is 0 Å². The highest BCUT2D eigenvalue weighted by Gasteiger charge is 2.24. The molecule has 0 atom stereocenters. The van der Waals surface area contributed by atoms with Gasteiger partial charge in [0.15, 0.2) is 5.76 Å². The molecule has 0 bridgehead atoms. The molecule has 25 heavy (non-hydrogen) atoms. The second-order valence-electron chi connectivity index (χ2n) is 5.63. The van der Waals surface area contributed by atoms with Crippen LogP contribution in [0.1, 0.15) is 28.3 Å². The van der Waals surface area contributed by atoms with E-state index in [1.54, 1.807) is 42.5 Å². The van der Waals surface area contributed by atoms with Crippen molar-refractivity contribution < 1.29 is 18.4 Å². The summed E-state index contributed by atoms with van der Waals surface area (Å²) in [6, 6.07) is 11.0. The highest BCUT2D eigenvalue weighted by atomic mass is 16.5. The zero-order valence-electron chi connectivity index (χ0n) is 14.1. The van der Waals surface area contributed by atoms with Crippen molar-refractivity contribution in [1.29, 1.82) is 5.26 Å². The fourth-order valence-corrected chi connectivity index (χ4v) is 2.70. The molecule has 1 amide bonds. The number of methoxy groups -OCH3 is 1. The number of fused-ring (bicyclic) bond motifs is 1. The molecule has 0 N–H and O–H groups in total. The summed E-state index contributed by atoms with van der Waals surface area (Å²) in [6.07, 6.45) is 1.79. The Morgan fingerprint density at radius 2 is 2.20 bits per heavy atom. The van der Waals surface area contributed by atoms with E-state index in [1.807, 2.05) is 13.0 Å². The largest absolute Gasteiger partial charge is 0.497 e. The van der Waals surface area contributed by atoms with Crippen LogP contribution in [0.3, 0.4) is 0 Å². The Labute approximate surface area is 145 Å². The second kappa shape index (κ2) is 7.14.